The molecule has 2 aliphatic rings. The third kappa shape index (κ3) is 4.67. The summed E-state index contributed by atoms with van der Waals surface area (Å²) >= 11 is 0. The highest BCUT2D eigenvalue weighted by Crippen LogP contribution is 2.14. The van der Waals surface area contributed by atoms with Gasteiger partial charge in [0.2, 0.25) is 5.91 Å². The third-order valence-corrected chi connectivity index (χ3v) is 6.18. The highest BCUT2D eigenvalue weighted by Gasteiger charge is 2.25. The van der Waals surface area contributed by atoms with Crippen molar-refractivity contribution in [3.8, 4) is 0 Å². The zero-order chi connectivity index (χ0) is 21.0. The Morgan fingerprint density at radius 1 is 0.839 bits per heavy atom. The number of benzene rings is 1. The molecular formula is C22H28N8O. The molecule has 9 heteroatoms. The van der Waals surface area contributed by atoms with Gasteiger partial charge in [-0.1, -0.05) is 30.3 Å². The Hall–Kier alpha value is -3.04. The van der Waals surface area contributed by atoms with E-state index in [1.165, 1.54) is 5.56 Å². The minimum Gasteiger partial charge on any atom is -0.353 e. The molecule has 5 rings (SSSR count). The highest BCUT2D eigenvalue weighted by molar-refractivity contribution is 5.78. The largest absolute Gasteiger partial charge is 0.353 e. The lowest BCUT2D eigenvalue weighted by atomic mass is 10.2. The maximum absolute atomic E-state index is 12.8. The molecule has 9 nitrogen and oxygen atoms in total. The van der Waals surface area contributed by atoms with Crippen molar-refractivity contribution in [1.82, 2.24) is 34.5 Å². The normalized spacial score (nSPS) is 18.6. The summed E-state index contributed by atoms with van der Waals surface area (Å²) in [6, 6.07) is 14.5. The Morgan fingerprint density at radius 2 is 1.58 bits per heavy atom. The fourth-order valence-corrected chi connectivity index (χ4v) is 4.31. The van der Waals surface area contributed by atoms with Crippen LogP contribution in [0.4, 0.5) is 5.82 Å². The molecule has 162 valence electrons. The number of amides is 1. The number of fused-ring (bicyclic) bond motifs is 1. The van der Waals surface area contributed by atoms with Crippen molar-refractivity contribution in [2.24, 2.45) is 0 Å². The molecule has 0 N–H and O–H groups in total. The van der Waals surface area contributed by atoms with Crippen molar-refractivity contribution < 1.29 is 4.79 Å². The van der Waals surface area contributed by atoms with E-state index in [2.05, 4.69) is 54.3 Å². The van der Waals surface area contributed by atoms with E-state index in [1.807, 2.05) is 23.1 Å². The first-order chi connectivity index (χ1) is 15.2. The van der Waals surface area contributed by atoms with Crippen LogP contribution in [0.1, 0.15) is 5.56 Å². The van der Waals surface area contributed by atoms with Crippen LogP contribution in [0.2, 0.25) is 0 Å². The van der Waals surface area contributed by atoms with Gasteiger partial charge in [-0.25, -0.2) is 0 Å². The smallest absolute Gasteiger partial charge is 0.236 e. The molecule has 0 saturated carbocycles. The predicted molar refractivity (Wildman–Crippen MR) is 118 cm³/mol. The standard InChI is InChI=1S/C22H28N8O/c31-22(29-14-10-26(11-15-29)16-19-4-2-1-3-5-19)17-27-8-12-28(13-9-27)21-7-6-20-24-23-18-30(20)25-21/h1-7,18H,8-17H2. The maximum atomic E-state index is 12.8. The second-order valence-corrected chi connectivity index (χ2v) is 8.23. The van der Waals surface area contributed by atoms with E-state index in [9.17, 15) is 4.79 Å². The number of hydrogen-bond acceptors (Lipinski definition) is 7. The van der Waals surface area contributed by atoms with E-state index in [0.29, 0.717) is 6.54 Å². The van der Waals surface area contributed by atoms with Crippen molar-refractivity contribution in [2.75, 3.05) is 63.8 Å². The van der Waals surface area contributed by atoms with E-state index in [4.69, 9.17) is 0 Å². The molecule has 0 unspecified atom stereocenters. The van der Waals surface area contributed by atoms with Crippen molar-refractivity contribution in [3.63, 3.8) is 0 Å². The first-order valence-corrected chi connectivity index (χ1v) is 10.9. The van der Waals surface area contributed by atoms with E-state index in [0.717, 1.165) is 70.4 Å². The van der Waals surface area contributed by atoms with Gasteiger partial charge in [0.1, 0.15) is 12.1 Å². The zero-order valence-corrected chi connectivity index (χ0v) is 17.7. The summed E-state index contributed by atoms with van der Waals surface area (Å²) < 4.78 is 1.70. The van der Waals surface area contributed by atoms with Gasteiger partial charge in [0.05, 0.1) is 6.54 Å². The molecule has 2 saturated heterocycles. The third-order valence-electron chi connectivity index (χ3n) is 6.18. The van der Waals surface area contributed by atoms with Gasteiger partial charge in [0.15, 0.2) is 5.65 Å². The van der Waals surface area contributed by atoms with Crippen LogP contribution >= 0.6 is 0 Å². The molecule has 2 fully saturated rings. The van der Waals surface area contributed by atoms with Gasteiger partial charge in [0, 0.05) is 58.9 Å². The van der Waals surface area contributed by atoms with Crippen molar-refractivity contribution in [1.29, 1.82) is 0 Å². The summed E-state index contributed by atoms with van der Waals surface area (Å²) in [7, 11) is 0. The number of carbonyl (C=O) groups is 1. The van der Waals surface area contributed by atoms with Gasteiger partial charge in [-0.3, -0.25) is 14.6 Å². The van der Waals surface area contributed by atoms with Gasteiger partial charge >= 0.3 is 0 Å². The minimum atomic E-state index is 0.247. The molecule has 2 aromatic heterocycles. The second-order valence-electron chi connectivity index (χ2n) is 8.23. The van der Waals surface area contributed by atoms with Crippen LogP contribution in [0.5, 0.6) is 0 Å². The molecule has 2 aliphatic heterocycles. The monoisotopic (exact) mass is 420 g/mol. The zero-order valence-electron chi connectivity index (χ0n) is 17.7. The lowest BCUT2D eigenvalue weighted by Gasteiger charge is -2.38. The molecule has 31 heavy (non-hydrogen) atoms. The molecule has 1 aromatic carbocycles. The highest BCUT2D eigenvalue weighted by atomic mass is 16.2. The summed E-state index contributed by atoms with van der Waals surface area (Å²) in [5, 5.41) is 12.5. The Bertz CT molecular complexity index is 1010. The summed E-state index contributed by atoms with van der Waals surface area (Å²) in [4.78, 5) is 21.8. The van der Waals surface area contributed by atoms with E-state index >= 15 is 0 Å². The van der Waals surface area contributed by atoms with Crippen molar-refractivity contribution in [2.45, 2.75) is 6.54 Å². The molecule has 0 spiro atoms. The van der Waals surface area contributed by atoms with Crippen LogP contribution < -0.4 is 4.90 Å². The first-order valence-electron chi connectivity index (χ1n) is 10.9. The van der Waals surface area contributed by atoms with E-state index < -0.39 is 0 Å². The van der Waals surface area contributed by atoms with Crippen molar-refractivity contribution >= 4 is 17.4 Å². The Kier molecular flexibility index (Phi) is 5.77. The average molecular weight is 421 g/mol. The molecular weight excluding hydrogens is 392 g/mol. The fourth-order valence-electron chi connectivity index (χ4n) is 4.31. The van der Waals surface area contributed by atoms with Gasteiger partial charge < -0.3 is 9.80 Å². The number of hydrogen-bond donors (Lipinski definition) is 0. The Morgan fingerprint density at radius 3 is 2.35 bits per heavy atom. The van der Waals surface area contributed by atoms with Gasteiger partial charge in [-0.15, -0.1) is 15.3 Å². The number of anilines is 1. The molecule has 0 atom stereocenters. The lowest BCUT2D eigenvalue weighted by molar-refractivity contribution is -0.134. The fraction of sp³-hybridized carbons (Fsp3) is 0.455. The summed E-state index contributed by atoms with van der Waals surface area (Å²) in [5.74, 6) is 1.17. The summed E-state index contributed by atoms with van der Waals surface area (Å²) in [6.07, 6.45) is 1.62. The average Bonchev–Trinajstić information content (AvgIpc) is 3.29. The van der Waals surface area contributed by atoms with Crippen LogP contribution in [0.15, 0.2) is 48.8 Å². The lowest BCUT2D eigenvalue weighted by Crippen LogP contribution is -2.53. The van der Waals surface area contributed by atoms with Gasteiger partial charge in [-0.05, 0) is 17.7 Å². The van der Waals surface area contributed by atoms with Crippen LogP contribution in [-0.4, -0.2) is 99.3 Å². The van der Waals surface area contributed by atoms with Crippen LogP contribution in [0, 0.1) is 0 Å². The van der Waals surface area contributed by atoms with E-state index in [1.54, 1.807) is 10.8 Å². The summed E-state index contributed by atoms with van der Waals surface area (Å²) in [6.45, 7) is 8.41. The SMILES string of the molecule is O=C(CN1CCN(c2ccc3nncn3n2)CC1)N1CCN(Cc2ccccc2)CC1. The number of rotatable bonds is 5. The number of piperazine rings is 2. The van der Waals surface area contributed by atoms with Crippen LogP contribution in [0.3, 0.4) is 0 Å². The van der Waals surface area contributed by atoms with Crippen molar-refractivity contribution in [3.05, 3.63) is 54.4 Å². The topological polar surface area (TPSA) is 73.1 Å². The van der Waals surface area contributed by atoms with E-state index in [-0.39, 0.29) is 5.91 Å². The Labute approximate surface area is 181 Å². The summed E-state index contributed by atoms with van der Waals surface area (Å²) in [5.41, 5.74) is 2.08. The van der Waals surface area contributed by atoms with Crippen LogP contribution in [-0.2, 0) is 11.3 Å². The molecule has 3 aromatic rings. The maximum Gasteiger partial charge on any atom is 0.236 e. The predicted octanol–water partition coefficient (Wildman–Crippen LogP) is 0.591. The first kappa shape index (κ1) is 19.9. The van der Waals surface area contributed by atoms with Crippen LogP contribution in [0.25, 0.3) is 5.65 Å². The Balaban J connectivity index is 1.07. The number of nitrogens with zero attached hydrogens (tertiary/aromatic N) is 8. The number of aromatic nitrogens is 4. The molecule has 1 amide bonds. The molecule has 4 heterocycles. The molecule has 0 aliphatic carbocycles. The molecule has 0 radical (unpaired) electrons. The minimum absolute atomic E-state index is 0.247. The molecule has 0 bridgehead atoms. The van der Waals surface area contributed by atoms with Gasteiger partial charge in [-0.2, -0.15) is 4.52 Å². The second kappa shape index (κ2) is 8.99. The number of carbonyl (C=O) groups excluding carboxylic acids is 1. The van der Waals surface area contributed by atoms with Gasteiger partial charge in [0.25, 0.3) is 0 Å². The quantitative estimate of drug-likeness (QED) is 0.598.